The van der Waals surface area contributed by atoms with Crippen molar-refractivity contribution < 1.29 is 48.5 Å². The van der Waals surface area contributed by atoms with E-state index in [0.29, 0.717) is 0 Å². The quantitative estimate of drug-likeness (QED) is 0.550. The summed E-state index contributed by atoms with van der Waals surface area (Å²) in [5.74, 6) is 0. The summed E-state index contributed by atoms with van der Waals surface area (Å²) in [6, 6.07) is 0. The average molecular weight is 264 g/mol. The minimum atomic E-state index is 0. The smallest absolute Gasteiger partial charge is 0 e. The zero-order valence-corrected chi connectivity index (χ0v) is 9.18. The first kappa shape index (κ1) is 15.9. The Morgan fingerprint density at radius 1 is 1.50 bits per heavy atom. The maximum atomic E-state index is 7.81. The van der Waals surface area contributed by atoms with Crippen molar-refractivity contribution in [2.75, 3.05) is 0 Å². The van der Waals surface area contributed by atoms with Crippen molar-refractivity contribution in [3.05, 3.63) is 0 Å². The molecule has 0 bridgehead atoms. The third-order valence-electron chi connectivity index (χ3n) is 0. The summed E-state index contributed by atoms with van der Waals surface area (Å²) in [6.07, 6.45) is 0. The first-order valence-corrected chi connectivity index (χ1v) is 0.508. The molecule has 1 nitrogen and oxygen atoms in total. The van der Waals surface area contributed by atoms with Crippen LogP contribution in [-0.2, 0) is 45.6 Å². The van der Waals surface area contributed by atoms with E-state index in [4.69, 9.17) is 3.83 Å². The van der Waals surface area contributed by atoms with Crippen molar-refractivity contribution >= 4 is 48.9 Å². The van der Waals surface area contributed by atoms with Crippen LogP contribution in [0.4, 0.5) is 0 Å². The SMILES string of the molecule is [Ba+2].[H-].[H-].[O]=[Cu].[Sc]. The van der Waals surface area contributed by atoms with E-state index < -0.39 is 0 Å². The predicted octanol–water partition coefficient (Wildman–Crippen LogP) is -0.280. The summed E-state index contributed by atoms with van der Waals surface area (Å²) >= 11 is 2.94. The van der Waals surface area contributed by atoms with Gasteiger partial charge in [-0.05, 0) is 0 Å². The van der Waals surface area contributed by atoms with Gasteiger partial charge in [-0.15, -0.1) is 0 Å². The molecule has 0 saturated carbocycles. The average Bonchev–Trinajstić information content (AvgIpc) is 1.00. The summed E-state index contributed by atoms with van der Waals surface area (Å²) < 4.78 is 7.81. The molecule has 0 aliphatic heterocycles. The first-order chi connectivity index (χ1) is 1.00. The van der Waals surface area contributed by atoms with E-state index in [-0.39, 0.29) is 77.6 Å². The zero-order valence-electron chi connectivity index (χ0n) is 3.99. The third kappa shape index (κ3) is 8.83. The van der Waals surface area contributed by atoms with Crippen LogP contribution in [0.25, 0.3) is 0 Å². The Hall–Kier alpha value is 2.76. The second kappa shape index (κ2) is 17.1. The van der Waals surface area contributed by atoms with Crippen LogP contribution < -0.4 is 0 Å². The number of rotatable bonds is 0. The van der Waals surface area contributed by atoms with Crippen LogP contribution in [0.1, 0.15) is 2.85 Å². The molecule has 0 amide bonds. The number of hydrogen-bond donors (Lipinski definition) is 0. The summed E-state index contributed by atoms with van der Waals surface area (Å²) in [6.45, 7) is 0. The summed E-state index contributed by atoms with van der Waals surface area (Å²) in [4.78, 5) is 0. The van der Waals surface area contributed by atoms with Gasteiger partial charge in [-0.25, -0.2) is 0 Å². The minimum Gasteiger partial charge on any atom is 0 e. The van der Waals surface area contributed by atoms with Gasteiger partial charge in [0.1, 0.15) is 0 Å². The van der Waals surface area contributed by atoms with Gasteiger partial charge in [0.25, 0.3) is 0 Å². The maximum Gasteiger partial charge on any atom is 0 e. The fourth-order valence-corrected chi connectivity index (χ4v) is 0. The second-order valence-corrected chi connectivity index (χ2v) is 0. The molecule has 0 aromatic rings. The van der Waals surface area contributed by atoms with Crippen LogP contribution in [0.5, 0.6) is 0 Å². The molecule has 0 aliphatic carbocycles. The van der Waals surface area contributed by atoms with Crippen molar-refractivity contribution in [1.29, 1.82) is 0 Å². The van der Waals surface area contributed by atoms with Crippen molar-refractivity contribution in [3.63, 3.8) is 0 Å². The summed E-state index contributed by atoms with van der Waals surface area (Å²) in [5, 5.41) is 0. The van der Waals surface area contributed by atoms with Gasteiger partial charge >= 0.3 is 68.7 Å². The van der Waals surface area contributed by atoms with Crippen LogP contribution in [-0.4, -0.2) is 48.9 Å². The molecule has 0 atom stereocenters. The van der Waals surface area contributed by atoms with Crippen LogP contribution in [0.3, 0.4) is 0 Å². The molecule has 0 N–H and O–H groups in total. The van der Waals surface area contributed by atoms with E-state index in [1.54, 1.807) is 0 Å². The van der Waals surface area contributed by atoms with Gasteiger partial charge in [0.2, 0.25) is 0 Å². The van der Waals surface area contributed by atoms with Gasteiger partial charge in [0.15, 0.2) is 0 Å². The Kier molecular flexibility index (Phi) is 67.9. The molecule has 0 aromatic carbocycles. The molecule has 0 heterocycles. The number of hydrogen-bond acceptors (Lipinski definition) is 1. The molecule has 0 aliphatic rings. The standard InChI is InChI=1S/Ba.Cu.O.Sc.2H/q+2;;;;2*-1. The molecular weight excluding hydrogens is 262 g/mol. The molecule has 1 radical (unpaired) electrons. The zero-order chi connectivity index (χ0) is 2.00. The molecule has 0 fully saturated rings. The Labute approximate surface area is 95.1 Å². The van der Waals surface area contributed by atoms with Crippen LogP contribution in [0.2, 0.25) is 0 Å². The van der Waals surface area contributed by atoms with Crippen molar-refractivity contribution in [1.82, 2.24) is 0 Å². The Balaban J connectivity index is -0.000000000833. The fraction of sp³-hybridized carbons (Fsp3) is 0. The largest absolute Gasteiger partial charge is 0 e. The van der Waals surface area contributed by atoms with Gasteiger partial charge in [-0.3, -0.25) is 0 Å². The monoisotopic (exact) mass is 264 g/mol. The van der Waals surface area contributed by atoms with E-state index >= 15 is 0 Å². The van der Waals surface area contributed by atoms with Crippen LogP contribution in [0.15, 0.2) is 0 Å². The van der Waals surface area contributed by atoms with Crippen molar-refractivity contribution in [3.8, 4) is 0 Å². The Morgan fingerprint density at radius 3 is 1.50 bits per heavy atom. The Bertz CT molecular complexity index is 13.5. The topological polar surface area (TPSA) is 17.1 Å². The third-order valence-corrected chi connectivity index (χ3v) is 0. The normalized spacial score (nSPS) is 1.50. The van der Waals surface area contributed by atoms with Gasteiger partial charge < -0.3 is 2.85 Å². The molecular formula is H2BaCuOSc. The fourth-order valence-electron chi connectivity index (χ4n) is 0. The molecule has 0 aromatic heterocycles. The first-order valence-electron chi connectivity index (χ1n) is 0.123. The van der Waals surface area contributed by atoms with Gasteiger partial charge in [0, 0.05) is 25.8 Å². The van der Waals surface area contributed by atoms with E-state index in [0.717, 1.165) is 0 Å². The molecule has 24 valence electrons. The van der Waals surface area contributed by atoms with Gasteiger partial charge in [-0.1, -0.05) is 0 Å². The van der Waals surface area contributed by atoms with Crippen LogP contribution in [0, 0.1) is 0 Å². The Morgan fingerprint density at radius 2 is 1.50 bits per heavy atom. The predicted molar refractivity (Wildman–Crippen MR) is 8.66 cm³/mol. The molecule has 0 unspecified atom stereocenters. The molecule has 0 rings (SSSR count). The van der Waals surface area contributed by atoms with E-state index in [2.05, 4.69) is 15.9 Å². The van der Waals surface area contributed by atoms with E-state index in [1.807, 2.05) is 0 Å². The molecule has 0 saturated heterocycles. The summed E-state index contributed by atoms with van der Waals surface area (Å²) in [5.41, 5.74) is 0. The van der Waals surface area contributed by atoms with Crippen molar-refractivity contribution in [2.24, 2.45) is 0 Å². The van der Waals surface area contributed by atoms with Gasteiger partial charge in [0.05, 0.1) is 0 Å². The summed E-state index contributed by atoms with van der Waals surface area (Å²) in [7, 11) is 0. The van der Waals surface area contributed by atoms with E-state index in [1.165, 1.54) is 0 Å². The molecule has 4 heteroatoms. The minimum absolute atomic E-state index is 0. The van der Waals surface area contributed by atoms with Gasteiger partial charge in [-0.2, -0.15) is 0 Å². The molecule has 4 heavy (non-hydrogen) atoms. The van der Waals surface area contributed by atoms with Crippen molar-refractivity contribution in [2.45, 2.75) is 0 Å². The maximum absolute atomic E-state index is 7.81. The van der Waals surface area contributed by atoms with Crippen LogP contribution >= 0.6 is 0 Å². The van der Waals surface area contributed by atoms with E-state index in [9.17, 15) is 0 Å². The molecule has 0 spiro atoms. The second-order valence-electron chi connectivity index (χ2n) is 0.